The summed E-state index contributed by atoms with van der Waals surface area (Å²) in [6.07, 6.45) is 7.21. The SMILES string of the molecule is CCCCCC(CC)(Pc1ccccc1CNC(C)(C)C)c1cc(Cc2ccccc2)cc(Cc2ccccc2)c1O. The first-order valence-electron chi connectivity index (χ1n) is 15.8. The van der Waals surface area contributed by atoms with Crippen molar-refractivity contribution in [3.8, 4) is 5.75 Å². The summed E-state index contributed by atoms with van der Waals surface area (Å²) in [5.41, 5.74) is 7.39. The zero-order chi connectivity index (χ0) is 30.0. The molecule has 0 bridgehead atoms. The summed E-state index contributed by atoms with van der Waals surface area (Å²) < 4.78 is 0. The van der Waals surface area contributed by atoms with Crippen molar-refractivity contribution >= 4 is 13.9 Å². The van der Waals surface area contributed by atoms with Crippen molar-refractivity contribution in [1.82, 2.24) is 5.32 Å². The Bertz CT molecular complexity index is 1390. The fourth-order valence-electron chi connectivity index (χ4n) is 5.82. The number of hydrogen-bond donors (Lipinski definition) is 2. The molecule has 0 saturated carbocycles. The Balaban J connectivity index is 1.83. The van der Waals surface area contributed by atoms with Crippen LogP contribution >= 0.6 is 8.58 Å². The van der Waals surface area contributed by atoms with Crippen molar-refractivity contribution in [1.29, 1.82) is 0 Å². The molecule has 4 aromatic rings. The van der Waals surface area contributed by atoms with Gasteiger partial charge in [0.25, 0.3) is 0 Å². The van der Waals surface area contributed by atoms with Gasteiger partial charge in [0.1, 0.15) is 5.75 Å². The predicted octanol–water partition coefficient (Wildman–Crippen LogP) is 9.65. The minimum Gasteiger partial charge on any atom is -0.507 e. The van der Waals surface area contributed by atoms with Crippen molar-refractivity contribution in [3.63, 3.8) is 0 Å². The molecule has 0 radical (unpaired) electrons. The van der Waals surface area contributed by atoms with E-state index in [9.17, 15) is 5.11 Å². The van der Waals surface area contributed by atoms with Gasteiger partial charge in [-0.15, -0.1) is 0 Å². The molecule has 0 amide bonds. The van der Waals surface area contributed by atoms with Crippen molar-refractivity contribution in [2.24, 2.45) is 0 Å². The van der Waals surface area contributed by atoms with Crippen LogP contribution in [0.2, 0.25) is 0 Å². The first kappa shape index (κ1) is 32.0. The Morgan fingerprint density at radius 1 is 0.690 bits per heavy atom. The van der Waals surface area contributed by atoms with Gasteiger partial charge in [-0.05, 0) is 73.2 Å². The molecule has 0 saturated heterocycles. The fraction of sp³-hybridized carbons (Fsp3) is 0.385. The Hall–Kier alpha value is -2.93. The maximum absolute atomic E-state index is 12.1. The van der Waals surface area contributed by atoms with Crippen LogP contribution in [-0.2, 0) is 24.5 Å². The molecular weight excluding hydrogens is 529 g/mol. The Morgan fingerprint density at radius 2 is 1.31 bits per heavy atom. The quantitative estimate of drug-likeness (QED) is 0.115. The van der Waals surface area contributed by atoms with Crippen LogP contribution in [0.4, 0.5) is 0 Å². The van der Waals surface area contributed by atoms with Crippen LogP contribution in [0.5, 0.6) is 5.75 Å². The molecule has 42 heavy (non-hydrogen) atoms. The zero-order valence-corrected chi connectivity index (χ0v) is 27.3. The molecule has 4 aromatic carbocycles. The molecule has 0 aliphatic heterocycles. The number of nitrogens with one attached hydrogen (secondary N) is 1. The van der Waals surface area contributed by atoms with Crippen LogP contribution in [0, 0.1) is 0 Å². The maximum Gasteiger partial charge on any atom is 0.123 e. The molecule has 2 unspecified atom stereocenters. The summed E-state index contributed by atoms with van der Waals surface area (Å²) >= 11 is 0. The standard InChI is InChI=1S/C39H50NOP/c1-6-8-17-24-39(7-2,42-36-23-16-15-22-33(36)29-40-38(3,4)5)35-28-32(25-30-18-11-9-12-19-30)27-34(37(35)41)26-31-20-13-10-14-21-31/h9-16,18-23,27-28,40-42H,6-8,17,24-26,29H2,1-5H3. The number of aromatic hydroxyl groups is 1. The normalized spacial score (nSPS) is 13.5. The average molecular weight is 580 g/mol. The van der Waals surface area contributed by atoms with Gasteiger partial charge < -0.3 is 10.4 Å². The van der Waals surface area contributed by atoms with Gasteiger partial charge in [-0.1, -0.05) is 139 Å². The Labute approximate surface area is 256 Å². The average Bonchev–Trinajstić information content (AvgIpc) is 2.98. The molecule has 0 heterocycles. The number of benzene rings is 4. The van der Waals surface area contributed by atoms with E-state index in [4.69, 9.17) is 0 Å². The maximum atomic E-state index is 12.1. The van der Waals surface area contributed by atoms with Crippen LogP contribution in [0.15, 0.2) is 97.1 Å². The highest BCUT2D eigenvalue weighted by Gasteiger charge is 2.35. The highest BCUT2D eigenvalue weighted by atomic mass is 31.1. The summed E-state index contributed by atoms with van der Waals surface area (Å²) in [6, 6.07) is 34.8. The topological polar surface area (TPSA) is 32.3 Å². The van der Waals surface area contributed by atoms with Gasteiger partial charge in [-0.2, -0.15) is 0 Å². The van der Waals surface area contributed by atoms with Gasteiger partial charge in [-0.3, -0.25) is 0 Å². The molecule has 0 spiro atoms. The third kappa shape index (κ3) is 8.79. The zero-order valence-electron chi connectivity index (χ0n) is 26.3. The van der Waals surface area contributed by atoms with E-state index in [1.165, 1.54) is 40.4 Å². The van der Waals surface area contributed by atoms with Gasteiger partial charge >= 0.3 is 0 Å². The van der Waals surface area contributed by atoms with Crippen molar-refractivity contribution < 1.29 is 5.11 Å². The highest BCUT2D eigenvalue weighted by molar-refractivity contribution is 7.48. The van der Waals surface area contributed by atoms with Gasteiger partial charge in [0.2, 0.25) is 0 Å². The minimum atomic E-state index is -0.130. The summed E-state index contributed by atoms with van der Waals surface area (Å²) in [5, 5.41) is 17.1. The lowest BCUT2D eigenvalue weighted by molar-refractivity contribution is 0.424. The lowest BCUT2D eigenvalue weighted by Gasteiger charge is -2.36. The lowest BCUT2D eigenvalue weighted by Crippen LogP contribution is -2.36. The minimum absolute atomic E-state index is 0.0512. The van der Waals surface area contributed by atoms with Crippen LogP contribution in [0.1, 0.15) is 100 Å². The Morgan fingerprint density at radius 3 is 1.93 bits per heavy atom. The van der Waals surface area contributed by atoms with Crippen LogP contribution in [-0.4, -0.2) is 10.6 Å². The van der Waals surface area contributed by atoms with Gasteiger partial charge in [-0.25, -0.2) is 0 Å². The number of unbranched alkanes of at least 4 members (excludes halogenated alkanes) is 2. The molecule has 222 valence electrons. The molecule has 0 aliphatic carbocycles. The molecule has 4 rings (SSSR count). The number of phenols is 1. The van der Waals surface area contributed by atoms with Gasteiger partial charge in [0, 0.05) is 29.2 Å². The molecule has 2 atom stereocenters. The van der Waals surface area contributed by atoms with Crippen LogP contribution in [0.25, 0.3) is 0 Å². The number of rotatable bonds is 14. The molecule has 0 fully saturated rings. The van der Waals surface area contributed by atoms with Gasteiger partial charge in [0.05, 0.1) is 0 Å². The monoisotopic (exact) mass is 579 g/mol. The summed E-state index contributed by atoms with van der Waals surface area (Å²) in [7, 11) is 0.572. The number of phenolic OH excluding ortho intramolecular Hbond substituents is 1. The lowest BCUT2D eigenvalue weighted by atomic mass is 9.85. The first-order valence-corrected chi connectivity index (χ1v) is 16.8. The van der Waals surface area contributed by atoms with Crippen molar-refractivity contribution in [2.45, 2.75) is 96.8 Å². The fourth-order valence-corrected chi connectivity index (χ4v) is 7.65. The second-order valence-corrected chi connectivity index (χ2v) is 14.5. The van der Waals surface area contributed by atoms with E-state index < -0.39 is 0 Å². The van der Waals surface area contributed by atoms with E-state index in [0.29, 0.717) is 14.3 Å². The molecule has 0 aromatic heterocycles. The molecular formula is C39H50NOP. The van der Waals surface area contributed by atoms with Crippen LogP contribution < -0.4 is 10.6 Å². The molecule has 0 aliphatic rings. The van der Waals surface area contributed by atoms with E-state index in [1.807, 2.05) is 0 Å². The molecule has 3 heteroatoms. The highest BCUT2D eigenvalue weighted by Crippen LogP contribution is 2.52. The molecule has 2 N–H and O–H groups in total. The van der Waals surface area contributed by atoms with Crippen LogP contribution in [0.3, 0.4) is 0 Å². The predicted molar refractivity (Wildman–Crippen MR) is 184 cm³/mol. The van der Waals surface area contributed by atoms with Crippen molar-refractivity contribution in [2.75, 3.05) is 0 Å². The molecule has 2 nitrogen and oxygen atoms in total. The first-order chi connectivity index (χ1) is 20.2. The smallest absolute Gasteiger partial charge is 0.123 e. The second-order valence-electron chi connectivity index (χ2n) is 12.8. The summed E-state index contributed by atoms with van der Waals surface area (Å²) in [6.45, 7) is 12.1. The van der Waals surface area contributed by atoms with Crippen molar-refractivity contribution in [3.05, 3.63) is 130 Å². The largest absolute Gasteiger partial charge is 0.507 e. The van der Waals surface area contributed by atoms with Gasteiger partial charge in [0.15, 0.2) is 0 Å². The number of hydrogen-bond acceptors (Lipinski definition) is 2. The Kier molecular flexibility index (Phi) is 11.4. The van der Waals surface area contributed by atoms with E-state index in [0.717, 1.165) is 49.8 Å². The third-order valence-corrected chi connectivity index (χ3v) is 10.4. The van der Waals surface area contributed by atoms with E-state index >= 15 is 0 Å². The van der Waals surface area contributed by atoms with E-state index in [2.05, 4.69) is 137 Å². The second kappa shape index (κ2) is 15.0. The summed E-state index contributed by atoms with van der Waals surface area (Å²) in [5.74, 6) is 0.492. The van der Waals surface area contributed by atoms with E-state index in [1.54, 1.807) is 0 Å². The summed E-state index contributed by atoms with van der Waals surface area (Å²) in [4.78, 5) is 0. The van der Waals surface area contributed by atoms with E-state index in [-0.39, 0.29) is 10.7 Å². The third-order valence-electron chi connectivity index (χ3n) is 8.26.